The molecule has 1 aromatic carbocycles. The van der Waals surface area contributed by atoms with Crippen LogP contribution < -0.4 is 9.47 Å². The molecule has 0 bridgehead atoms. The van der Waals surface area contributed by atoms with Crippen molar-refractivity contribution in [2.75, 3.05) is 27.4 Å². The standard InChI is InChI=1S/C21H25NO7/c1-27-13-7-8-18(28-2)16(11-13)17(23)12-29-19(24)9-10-22-20(25)14-5-3-4-6-15(14)21(22)26/h7-8,11,14-15H,3-6,9-10,12H2,1-2H3/t14-,15+. The first-order chi connectivity index (χ1) is 14.0. The van der Waals surface area contributed by atoms with Gasteiger partial charge in [0.05, 0.1) is 38.0 Å². The van der Waals surface area contributed by atoms with Crippen molar-refractivity contribution in [3.05, 3.63) is 23.8 Å². The van der Waals surface area contributed by atoms with Gasteiger partial charge in [0.15, 0.2) is 6.61 Å². The second-order valence-electron chi connectivity index (χ2n) is 7.23. The third-order valence-corrected chi connectivity index (χ3v) is 5.54. The van der Waals surface area contributed by atoms with Crippen LogP contribution in [0.5, 0.6) is 11.5 Å². The second kappa shape index (κ2) is 9.07. The first-order valence-corrected chi connectivity index (χ1v) is 9.72. The molecule has 1 aliphatic heterocycles. The summed E-state index contributed by atoms with van der Waals surface area (Å²) in [7, 11) is 2.92. The molecule has 0 radical (unpaired) electrons. The lowest BCUT2D eigenvalue weighted by molar-refractivity contribution is -0.145. The zero-order valence-electron chi connectivity index (χ0n) is 16.6. The van der Waals surface area contributed by atoms with E-state index in [9.17, 15) is 19.2 Å². The number of carbonyl (C=O) groups excluding carboxylic acids is 4. The largest absolute Gasteiger partial charge is 0.497 e. The molecule has 1 saturated heterocycles. The van der Waals surface area contributed by atoms with Crippen molar-refractivity contribution in [1.82, 2.24) is 4.90 Å². The van der Waals surface area contributed by atoms with Crippen molar-refractivity contribution in [2.24, 2.45) is 11.8 Å². The summed E-state index contributed by atoms with van der Waals surface area (Å²) in [5.41, 5.74) is 0.244. The van der Waals surface area contributed by atoms with Gasteiger partial charge in [-0.1, -0.05) is 12.8 Å². The number of methoxy groups -OCH3 is 2. The van der Waals surface area contributed by atoms with Crippen LogP contribution in [0.3, 0.4) is 0 Å². The smallest absolute Gasteiger partial charge is 0.308 e. The summed E-state index contributed by atoms with van der Waals surface area (Å²) in [5.74, 6) is -1.11. The number of hydrogen-bond acceptors (Lipinski definition) is 7. The van der Waals surface area contributed by atoms with Crippen LogP contribution in [-0.4, -0.2) is 55.8 Å². The SMILES string of the molecule is COc1ccc(OC)c(C(=O)COC(=O)CCN2C(=O)[C@H]3CCCC[C@H]3C2=O)c1. The predicted molar refractivity (Wildman–Crippen MR) is 102 cm³/mol. The zero-order chi connectivity index (χ0) is 21.0. The van der Waals surface area contributed by atoms with Crippen molar-refractivity contribution in [2.45, 2.75) is 32.1 Å². The van der Waals surface area contributed by atoms with E-state index in [2.05, 4.69) is 0 Å². The Labute approximate surface area is 169 Å². The molecule has 8 heteroatoms. The number of Topliss-reactive ketones (excluding diaryl/α,β-unsaturated/α-hetero) is 1. The van der Waals surface area contributed by atoms with E-state index in [4.69, 9.17) is 14.2 Å². The molecule has 2 fully saturated rings. The van der Waals surface area contributed by atoms with E-state index in [1.807, 2.05) is 0 Å². The highest BCUT2D eigenvalue weighted by Gasteiger charge is 2.47. The minimum absolute atomic E-state index is 0.0137. The van der Waals surface area contributed by atoms with Crippen LogP contribution in [0.1, 0.15) is 42.5 Å². The highest BCUT2D eigenvalue weighted by Crippen LogP contribution is 2.38. The molecule has 2 amide bonds. The molecule has 0 aromatic heterocycles. The maximum Gasteiger partial charge on any atom is 0.308 e. The van der Waals surface area contributed by atoms with E-state index in [0.717, 1.165) is 25.7 Å². The summed E-state index contributed by atoms with van der Waals surface area (Å²) in [6, 6.07) is 4.76. The van der Waals surface area contributed by atoms with Gasteiger partial charge in [-0.25, -0.2) is 0 Å². The van der Waals surface area contributed by atoms with Crippen LogP contribution >= 0.6 is 0 Å². The lowest BCUT2D eigenvalue weighted by Crippen LogP contribution is -2.33. The number of nitrogens with zero attached hydrogens (tertiary/aromatic N) is 1. The van der Waals surface area contributed by atoms with E-state index in [-0.39, 0.29) is 42.2 Å². The highest BCUT2D eigenvalue weighted by atomic mass is 16.5. The Kier molecular flexibility index (Phi) is 6.51. The van der Waals surface area contributed by atoms with E-state index < -0.39 is 18.4 Å². The Morgan fingerprint density at radius 1 is 1.03 bits per heavy atom. The van der Waals surface area contributed by atoms with Gasteiger partial charge >= 0.3 is 5.97 Å². The minimum Gasteiger partial charge on any atom is -0.497 e. The number of imide groups is 1. The van der Waals surface area contributed by atoms with Gasteiger partial charge < -0.3 is 14.2 Å². The number of benzene rings is 1. The van der Waals surface area contributed by atoms with Crippen LogP contribution in [0.25, 0.3) is 0 Å². The summed E-state index contributed by atoms with van der Waals surface area (Å²) in [4.78, 5) is 50.5. The predicted octanol–water partition coefficient (Wildman–Crippen LogP) is 1.99. The van der Waals surface area contributed by atoms with Gasteiger partial charge in [0.2, 0.25) is 17.6 Å². The molecule has 2 atom stereocenters. The molecular formula is C21H25NO7. The molecule has 1 saturated carbocycles. The van der Waals surface area contributed by atoms with E-state index in [1.54, 1.807) is 12.1 Å². The van der Waals surface area contributed by atoms with Crippen molar-refractivity contribution in [3.63, 3.8) is 0 Å². The van der Waals surface area contributed by atoms with E-state index in [0.29, 0.717) is 11.5 Å². The number of fused-ring (bicyclic) bond motifs is 1. The molecule has 29 heavy (non-hydrogen) atoms. The van der Waals surface area contributed by atoms with Crippen LogP contribution in [0.4, 0.5) is 0 Å². The summed E-state index contributed by atoms with van der Waals surface area (Å²) >= 11 is 0. The highest BCUT2D eigenvalue weighted by molar-refractivity contribution is 6.05. The Bertz CT molecular complexity index is 795. The molecule has 1 aromatic rings. The van der Waals surface area contributed by atoms with Gasteiger partial charge in [-0.15, -0.1) is 0 Å². The lowest BCUT2D eigenvalue weighted by atomic mass is 9.81. The number of likely N-dealkylation sites (tertiary alicyclic amines) is 1. The van der Waals surface area contributed by atoms with Crippen LogP contribution in [0.15, 0.2) is 18.2 Å². The van der Waals surface area contributed by atoms with Gasteiger partial charge in [0.25, 0.3) is 0 Å². The topological polar surface area (TPSA) is 99.2 Å². The number of rotatable bonds is 8. The Morgan fingerprint density at radius 2 is 1.69 bits per heavy atom. The van der Waals surface area contributed by atoms with Crippen LogP contribution in [-0.2, 0) is 19.1 Å². The third kappa shape index (κ3) is 4.41. The fourth-order valence-corrected chi connectivity index (χ4v) is 3.98. The molecule has 1 heterocycles. The first-order valence-electron chi connectivity index (χ1n) is 9.72. The molecule has 2 aliphatic rings. The number of hydrogen-bond donors (Lipinski definition) is 0. The summed E-state index contributed by atoms with van der Waals surface area (Å²) in [6.07, 6.45) is 3.22. The third-order valence-electron chi connectivity index (χ3n) is 5.54. The minimum atomic E-state index is -0.643. The molecule has 8 nitrogen and oxygen atoms in total. The lowest BCUT2D eigenvalue weighted by Gasteiger charge is -2.19. The average Bonchev–Trinajstić information content (AvgIpc) is 3.00. The molecular weight excluding hydrogens is 378 g/mol. The maximum atomic E-state index is 12.4. The Balaban J connectivity index is 1.52. The monoisotopic (exact) mass is 403 g/mol. The fourth-order valence-electron chi connectivity index (χ4n) is 3.98. The van der Waals surface area contributed by atoms with E-state index >= 15 is 0 Å². The number of amides is 2. The van der Waals surface area contributed by atoms with Gasteiger partial charge in [-0.3, -0.25) is 24.1 Å². The normalized spacial score (nSPS) is 21.0. The van der Waals surface area contributed by atoms with Gasteiger partial charge in [0.1, 0.15) is 11.5 Å². The molecule has 0 spiro atoms. The van der Waals surface area contributed by atoms with Gasteiger partial charge in [-0.2, -0.15) is 0 Å². The number of ether oxygens (including phenoxy) is 3. The molecule has 0 N–H and O–H groups in total. The van der Waals surface area contributed by atoms with Crippen molar-refractivity contribution < 1.29 is 33.4 Å². The second-order valence-corrected chi connectivity index (χ2v) is 7.23. The number of ketones is 1. The van der Waals surface area contributed by atoms with Crippen molar-refractivity contribution in [3.8, 4) is 11.5 Å². The van der Waals surface area contributed by atoms with Crippen LogP contribution in [0.2, 0.25) is 0 Å². The van der Waals surface area contributed by atoms with Crippen LogP contribution in [0, 0.1) is 11.8 Å². The van der Waals surface area contributed by atoms with E-state index in [1.165, 1.54) is 25.2 Å². The summed E-state index contributed by atoms with van der Waals surface area (Å²) in [6.45, 7) is -0.477. The molecule has 3 rings (SSSR count). The maximum absolute atomic E-state index is 12.4. The number of carbonyl (C=O) groups is 4. The molecule has 156 valence electrons. The fraction of sp³-hybridized carbons (Fsp3) is 0.524. The number of esters is 1. The Morgan fingerprint density at radius 3 is 2.28 bits per heavy atom. The zero-order valence-corrected chi connectivity index (χ0v) is 16.6. The van der Waals surface area contributed by atoms with Gasteiger partial charge in [0, 0.05) is 6.54 Å². The summed E-state index contributed by atoms with van der Waals surface area (Å²) in [5, 5.41) is 0. The summed E-state index contributed by atoms with van der Waals surface area (Å²) < 4.78 is 15.3. The quantitative estimate of drug-likeness (QED) is 0.372. The molecule has 0 unspecified atom stereocenters. The first kappa shape index (κ1) is 20.8. The van der Waals surface area contributed by atoms with Crippen molar-refractivity contribution in [1.29, 1.82) is 0 Å². The average molecular weight is 403 g/mol. The molecule has 1 aliphatic carbocycles. The van der Waals surface area contributed by atoms with Gasteiger partial charge in [-0.05, 0) is 31.0 Å². The Hall–Kier alpha value is -2.90. The van der Waals surface area contributed by atoms with Crippen molar-refractivity contribution >= 4 is 23.6 Å².